The first-order valence-electron chi connectivity index (χ1n) is 9.30. The Morgan fingerprint density at radius 1 is 1.11 bits per heavy atom. The number of benzene rings is 1. The van der Waals surface area contributed by atoms with E-state index in [4.69, 9.17) is 11.6 Å². The molecule has 28 heavy (non-hydrogen) atoms. The molecule has 2 amide bonds. The van der Waals surface area contributed by atoms with Crippen molar-refractivity contribution >= 4 is 23.4 Å². The highest BCUT2D eigenvalue weighted by Gasteiger charge is 2.24. The van der Waals surface area contributed by atoms with Gasteiger partial charge in [0, 0.05) is 51.8 Å². The smallest absolute Gasteiger partial charge is 0.271 e. The molecule has 3 rings (SSSR count). The zero-order valence-electron chi connectivity index (χ0n) is 16.5. The van der Waals surface area contributed by atoms with Crippen LogP contribution < -0.4 is 0 Å². The van der Waals surface area contributed by atoms with Crippen LogP contribution in [0.1, 0.15) is 32.1 Å². The number of nitrogens with zero attached hydrogens (tertiary/aromatic N) is 4. The van der Waals surface area contributed by atoms with Crippen molar-refractivity contribution in [3.8, 4) is 0 Å². The van der Waals surface area contributed by atoms with E-state index < -0.39 is 0 Å². The number of halogens is 1. The van der Waals surface area contributed by atoms with Crippen LogP contribution in [0.4, 0.5) is 0 Å². The van der Waals surface area contributed by atoms with Gasteiger partial charge in [0.15, 0.2) is 0 Å². The minimum absolute atomic E-state index is 0.0312. The van der Waals surface area contributed by atoms with Crippen LogP contribution in [0.15, 0.2) is 36.4 Å². The van der Waals surface area contributed by atoms with E-state index in [2.05, 4.69) is 16.0 Å². The quantitative estimate of drug-likeness (QED) is 0.791. The summed E-state index contributed by atoms with van der Waals surface area (Å²) in [6, 6.07) is 11.2. The summed E-state index contributed by atoms with van der Waals surface area (Å²) in [4.78, 5) is 34.9. The second kappa shape index (κ2) is 8.71. The number of aromatic nitrogens is 1. The van der Waals surface area contributed by atoms with Crippen molar-refractivity contribution in [1.82, 2.24) is 19.7 Å². The van der Waals surface area contributed by atoms with E-state index in [1.807, 2.05) is 23.1 Å². The highest BCUT2D eigenvalue weighted by molar-refractivity contribution is 6.30. The van der Waals surface area contributed by atoms with Crippen molar-refractivity contribution in [3.63, 3.8) is 0 Å². The maximum absolute atomic E-state index is 12.9. The largest absolute Gasteiger partial charge is 0.343 e. The summed E-state index contributed by atoms with van der Waals surface area (Å²) in [6.45, 7) is 5.54. The van der Waals surface area contributed by atoms with E-state index in [1.54, 1.807) is 33.2 Å². The molecule has 1 aliphatic heterocycles. The number of carbonyl (C=O) groups excluding carboxylic acids is 2. The third-order valence-corrected chi connectivity index (χ3v) is 5.13. The summed E-state index contributed by atoms with van der Waals surface area (Å²) in [5.74, 6) is -0.201. The molecule has 1 fully saturated rings. The van der Waals surface area contributed by atoms with Gasteiger partial charge in [0.25, 0.3) is 11.8 Å². The molecule has 2 heterocycles. The molecule has 1 aromatic carbocycles. The first-order chi connectivity index (χ1) is 13.3. The lowest BCUT2D eigenvalue weighted by Gasteiger charge is -2.35. The molecular formula is C21H25ClN4O2. The molecule has 7 heteroatoms. The minimum Gasteiger partial charge on any atom is -0.343 e. The second-order valence-electron chi connectivity index (χ2n) is 7.23. The fourth-order valence-corrected chi connectivity index (χ4v) is 3.52. The molecular weight excluding hydrogens is 376 g/mol. The average molecular weight is 401 g/mol. The SMILES string of the molecule is Cc1nc(C(=O)N(C)C)ccc1C(=O)N1CCN(Cc2cccc(Cl)c2)CC1. The van der Waals surface area contributed by atoms with Crippen molar-refractivity contribution in [3.05, 3.63) is 63.9 Å². The van der Waals surface area contributed by atoms with Crippen molar-refractivity contribution in [1.29, 1.82) is 0 Å². The van der Waals surface area contributed by atoms with Gasteiger partial charge in [-0.05, 0) is 36.8 Å². The molecule has 1 aromatic heterocycles. The number of piperazine rings is 1. The molecule has 0 saturated carbocycles. The van der Waals surface area contributed by atoms with Crippen LogP contribution in [0.3, 0.4) is 0 Å². The van der Waals surface area contributed by atoms with Gasteiger partial charge in [-0.15, -0.1) is 0 Å². The van der Waals surface area contributed by atoms with Gasteiger partial charge in [-0.3, -0.25) is 14.5 Å². The lowest BCUT2D eigenvalue weighted by molar-refractivity contribution is 0.0626. The molecule has 0 spiro atoms. The summed E-state index contributed by atoms with van der Waals surface area (Å²) in [7, 11) is 3.36. The highest BCUT2D eigenvalue weighted by atomic mass is 35.5. The maximum Gasteiger partial charge on any atom is 0.271 e. The van der Waals surface area contributed by atoms with Crippen molar-refractivity contribution in [2.45, 2.75) is 13.5 Å². The summed E-state index contributed by atoms with van der Waals surface area (Å²) < 4.78 is 0. The Morgan fingerprint density at radius 2 is 1.82 bits per heavy atom. The Labute approximate surface area is 170 Å². The van der Waals surface area contributed by atoms with Gasteiger partial charge >= 0.3 is 0 Å². The van der Waals surface area contributed by atoms with E-state index in [-0.39, 0.29) is 11.8 Å². The zero-order chi connectivity index (χ0) is 20.3. The number of hydrogen-bond donors (Lipinski definition) is 0. The Balaban J connectivity index is 1.61. The molecule has 6 nitrogen and oxygen atoms in total. The minimum atomic E-state index is -0.170. The number of rotatable bonds is 4. The van der Waals surface area contributed by atoms with Gasteiger partial charge in [-0.1, -0.05) is 23.7 Å². The first-order valence-corrected chi connectivity index (χ1v) is 9.68. The van der Waals surface area contributed by atoms with E-state index in [1.165, 1.54) is 10.5 Å². The standard InChI is InChI=1S/C21H25ClN4O2/c1-15-18(7-8-19(23-15)21(28)24(2)3)20(27)26-11-9-25(10-12-26)14-16-5-4-6-17(22)13-16/h4-8,13H,9-12,14H2,1-3H3. The number of amides is 2. The number of carbonyl (C=O) groups is 2. The van der Waals surface area contributed by atoms with Crippen LogP contribution in [-0.2, 0) is 6.54 Å². The summed E-state index contributed by atoms with van der Waals surface area (Å²) in [5.41, 5.74) is 2.66. The van der Waals surface area contributed by atoms with Crippen LogP contribution in [-0.4, -0.2) is 71.8 Å². The topological polar surface area (TPSA) is 56.8 Å². The molecule has 2 aromatic rings. The van der Waals surface area contributed by atoms with E-state index >= 15 is 0 Å². The molecule has 1 saturated heterocycles. The normalized spacial score (nSPS) is 14.8. The Morgan fingerprint density at radius 3 is 2.43 bits per heavy atom. The van der Waals surface area contributed by atoms with Crippen LogP contribution in [0, 0.1) is 6.92 Å². The lowest BCUT2D eigenvalue weighted by Crippen LogP contribution is -2.48. The monoisotopic (exact) mass is 400 g/mol. The molecule has 0 radical (unpaired) electrons. The highest BCUT2D eigenvalue weighted by Crippen LogP contribution is 2.16. The fraction of sp³-hybridized carbons (Fsp3) is 0.381. The third-order valence-electron chi connectivity index (χ3n) is 4.90. The number of hydrogen-bond acceptors (Lipinski definition) is 4. The van der Waals surface area contributed by atoms with Gasteiger partial charge in [0.05, 0.1) is 11.3 Å². The average Bonchev–Trinajstić information content (AvgIpc) is 2.67. The summed E-state index contributed by atoms with van der Waals surface area (Å²) >= 11 is 6.06. The third kappa shape index (κ3) is 4.69. The van der Waals surface area contributed by atoms with Gasteiger partial charge < -0.3 is 9.80 Å². The Kier molecular flexibility index (Phi) is 6.31. The van der Waals surface area contributed by atoms with Crippen LogP contribution in [0.5, 0.6) is 0 Å². The molecule has 148 valence electrons. The lowest BCUT2D eigenvalue weighted by atomic mass is 10.1. The number of pyridine rings is 1. The molecule has 0 N–H and O–H groups in total. The van der Waals surface area contributed by atoms with Gasteiger partial charge in [0.1, 0.15) is 5.69 Å². The van der Waals surface area contributed by atoms with Crippen LogP contribution >= 0.6 is 11.6 Å². The van der Waals surface area contributed by atoms with Gasteiger partial charge in [0.2, 0.25) is 0 Å². The number of aryl methyl sites for hydroxylation is 1. The second-order valence-corrected chi connectivity index (χ2v) is 7.66. The Bertz CT molecular complexity index is 876. The van der Waals surface area contributed by atoms with Crippen LogP contribution in [0.25, 0.3) is 0 Å². The predicted molar refractivity (Wildman–Crippen MR) is 110 cm³/mol. The molecule has 1 aliphatic rings. The summed E-state index contributed by atoms with van der Waals surface area (Å²) in [5, 5.41) is 0.741. The van der Waals surface area contributed by atoms with Crippen molar-refractivity contribution < 1.29 is 9.59 Å². The van der Waals surface area contributed by atoms with E-state index in [0.717, 1.165) is 24.7 Å². The molecule has 0 bridgehead atoms. The first kappa shape index (κ1) is 20.3. The van der Waals surface area contributed by atoms with Crippen molar-refractivity contribution in [2.24, 2.45) is 0 Å². The zero-order valence-corrected chi connectivity index (χ0v) is 17.2. The Hall–Kier alpha value is -2.44. The van der Waals surface area contributed by atoms with Crippen LogP contribution in [0.2, 0.25) is 5.02 Å². The molecule has 0 aliphatic carbocycles. The maximum atomic E-state index is 12.9. The van der Waals surface area contributed by atoms with Gasteiger partial charge in [-0.25, -0.2) is 4.98 Å². The van der Waals surface area contributed by atoms with E-state index in [0.29, 0.717) is 30.0 Å². The molecule has 0 atom stereocenters. The van der Waals surface area contributed by atoms with Crippen molar-refractivity contribution in [2.75, 3.05) is 40.3 Å². The van der Waals surface area contributed by atoms with E-state index in [9.17, 15) is 9.59 Å². The molecule has 0 unspecified atom stereocenters. The fourth-order valence-electron chi connectivity index (χ4n) is 3.31. The predicted octanol–water partition coefficient (Wildman–Crippen LogP) is 2.70. The van der Waals surface area contributed by atoms with Gasteiger partial charge in [-0.2, -0.15) is 0 Å². The summed E-state index contributed by atoms with van der Waals surface area (Å²) in [6.07, 6.45) is 0.